The molecule has 21 heavy (non-hydrogen) atoms. The Kier molecular flexibility index (Phi) is 5.66. The molecule has 0 unspecified atom stereocenters. The monoisotopic (exact) mass is 316 g/mol. The summed E-state index contributed by atoms with van der Waals surface area (Å²) in [6, 6.07) is 0.159. The normalized spacial score (nSPS) is 22.2. The number of hydrogen-bond acceptors (Lipinski definition) is 3. The first-order valence-electron chi connectivity index (χ1n) is 8.12. The second-order valence-electron chi connectivity index (χ2n) is 6.73. The van der Waals surface area contributed by atoms with Crippen LogP contribution in [0.1, 0.15) is 51.9 Å². The van der Waals surface area contributed by atoms with Crippen molar-refractivity contribution in [2.75, 3.05) is 19.3 Å². The molecule has 2 fully saturated rings. The van der Waals surface area contributed by atoms with Crippen molar-refractivity contribution >= 4 is 15.9 Å². The van der Waals surface area contributed by atoms with Crippen LogP contribution in [0.25, 0.3) is 0 Å². The lowest BCUT2D eigenvalue weighted by atomic mass is 9.91. The Hall–Kier alpha value is -0.620. The van der Waals surface area contributed by atoms with Crippen molar-refractivity contribution in [1.29, 1.82) is 0 Å². The highest BCUT2D eigenvalue weighted by atomic mass is 32.2. The fraction of sp³-hybridized carbons (Fsp3) is 0.933. The zero-order valence-electron chi connectivity index (χ0n) is 13.2. The van der Waals surface area contributed by atoms with E-state index in [-0.39, 0.29) is 30.2 Å². The quantitative estimate of drug-likeness (QED) is 0.778. The van der Waals surface area contributed by atoms with Crippen LogP contribution < -0.4 is 5.32 Å². The van der Waals surface area contributed by atoms with E-state index < -0.39 is 10.0 Å². The number of carbonyl (C=O) groups excluding carboxylic acids is 1. The Balaban J connectivity index is 1.79. The lowest BCUT2D eigenvalue weighted by molar-refractivity contribution is -0.121. The summed E-state index contributed by atoms with van der Waals surface area (Å²) in [6.07, 6.45) is 7.80. The van der Waals surface area contributed by atoms with E-state index in [2.05, 4.69) is 5.32 Å². The fourth-order valence-corrected chi connectivity index (χ4v) is 4.59. The highest BCUT2D eigenvalue weighted by molar-refractivity contribution is 7.89. The molecule has 1 atom stereocenters. The fourth-order valence-electron chi connectivity index (χ4n) is 3.09. The molecule has 0 aromatic rings. The Morgan fingerprint density at radius 3 is 2.38 bits per heavy atom. The number of likely N-dealkylation sites (N-methyl/N-ethyl adjacent to an activating group) is 1. The molecule has 0 spiro atoms. The summed E-state index contributed by atoms with van der Waals surface area (Å²) in [5.74, 6) is 0.844. The maximum atomic E-state index is 12.3. The van der Waals surface area contributed by atoms with E-state index in [1.807, 2.05) is 6.92 Å². The van der Waals surface area contributed by atoms with Crippen molar-refractivity contribution < 1.29 is 13.2 Å². The largest absolute Gasteiger partial charge is 0.352 e. The highest BCUT2D eigenvalue weighted by Gasteiger charge is 2.30. The van der Waals surface area contributed by atoms with Gasteiger partial charge in [0.1, 0.15) is 0 Å². The molecule has 0 saturated heterocycles. The molecule has 0 bridgehead atoms. The van der Waals surface area contributed by atoms with Crippen LogP contribution in [0.15, 0.2) is 0 Å². The Morgan fingerprint density at radius 1 is 1.19 bits per heavy atom. The van der Waals surface area contributed by atoms with Crippen LogP contribution in [0.5, 0.6) is 0 Å². The van der Waals surface area contributed by atoms with Gasteiger partial charge in [-0.2, -0.15) is 4.31 Å². The van der Waals surface area contributed by atoms with E-state index in [4.69, 9.17) is 0 Å². The molecule has 5 nitrogen and oxygen atoms in total. The number of nitrogens with one attached hydrogen (secondary N) is 1. The molecule has 0 aromatic carbocycles. The summed E-state index contributed by atoms with van der Waals surface area (Å²) in [5, 5.41) is 2.90. The Morgan fingerprint density at radius 2 is 1.81 bits per heavy atom. The molecule has 0 aliphatic heterocycles. The number of nitrogens with zero attached hydrogens (tertiary/aromatic N) is 1. The van der Waals surface area contributed by atoms with Crippen LogP contribution in [0.3, 0.4) is 0 Å². The van der Waals surface area contributed by atoms with E-state index in [1.54, 1.807) is 0 Å². The average molecular weight is 316 g/mol. The molecule has 6 heteroatoms. The smallest absolute Gasteiger partial charge is 0.235 e. The maximum absolute atomic E-state index is 12.3. The van der Waals surface area contributed by atoms with Crippen LogP contribution in [0.2, 0.25) is 0 Å². The molecule has 1 N–H and O–H groups in total. The van der Waals surface area contributed by atoms with Crippen molar-refractivity contribution in [2.45, 2.75) is 57.9 Å². The summed E-state index contributed by atoms with van der Waals surface area (Å²) < 4.78 is 25.8. The topological polar surface area (TPSA) is 66.5 Å². The van der Waals surface area contributed by atoms with E-state index in [1.165, 1.54) is 17.8 Å². The number of rotatable bonds is 7. The third kappa shape index (κ3) is 5.25. The van der Waals surface area contributed by atoms with Crippen molar-refractivity contribution in [2.24, 2.45) is 11.8 Å². The van der Waals surface area contributed by atoms with E-state index in [0.29, 0.717) is 5.92 Å². The van der Waals surface area contributed by atoms with Gasteiger partial charge in [0, 0.05) is 13.1 Å². The first-order valence-corrected chi connectivity index (χ1v) is 9.73. The minimum atomic E-state index is -3.32. The minimum absolute atomic E-state index is 0.0634. The van der Waals surface area contributed by atoms with Gasteiger partial charge in [-0.05, 0) is 44.4 Å². The molecule has 0 radical (unpaired) electrons. The SMILES string of the molecule is C[C@H](NC(=O)CN(C)S(=O)(=O)CC1CCCCC1)C1CC1. The summed E-state index contributed by atoms with van der Waals surface area (Å²) in [6.45, 7) is 1.93. The molecule has 2 rings (SSSR count). The maximum Gasteiger partial charge on any atom is 0.235 e. The van der Waals surface area contributed by atoms with Crippen molar-refractivity contribution in [1.82, 2.24) is 9.62 Å². The van der Waals surface area contributed by atoms with Crippen LogP contribution in [-0.4, -0.2) is 44.0 Å². The number of sulfonamides is 1. The predicted octanol–water partition coefficient (Wildman–Crippen LogP) is 1.74. The molecule has 0 aromatic heterocycles. The molecule has 0 heterocycles. The lowest BCUT2D eigenvalue weighted by Crippen LogP contribution is -2.43. The number of carbonyl (C=O) groups is 1. The lowest BCUT2D eigenvalue weighted by Gasteiger charge is -2.24. The number of hydrogen-bond donors (Lipinski definition) is 1. The van der Waals surface area contributed by atoms with Gasteiger partial charge in [0.05, 0.1) is 12.3 Å². The van der Waals surface area contributed by atoms with E-state index in [0.717, 1.165) is 38.5 Å². The highest BCUT2D eigenvalue weighted by Crippen LogP contribution is 2.32. The summed E-state index contributed by atoms with van der Waals surface area (Å²) in [7, 11) is -1.81. The second kappa shape index (κ2) is 7.09. The third-order valence-corrected chi connectivity index (χ3v) is 6.70. The first kappa shape index (κ1) is 16.7. The second-order valence-corrected chi connectivity index (χ2v) is 8.85. The zero-order valence-corrected chi connectivity index (χ0v) is 14.0. The van der Waals surface area contributed by atoms with Gasteiger partial charge in [-0.1, -0.05) is 19.3 Å². The predicted molar refractivity (Wildman–Crippen MR) is 83.3 cm³/mol. The molecule has 122 valence electrons. The van der Waals surface area contributed by atoms with Gasteiger partial charge in [-0.25, -0.2) is 8.42 Å². The van der Waals surface area contributed by atoms with Gasteiger partial charge in [0.2, 0.25) is 15.9 Å². The van der Waals surface area contributed by atoms with Gasteiger partial charge < -0.3 is 5.32 Å². The van der Waals surface area contributed by atoms with Crippen LogP contribution >= 0.6 is 0 Å². The van der Waals surface area contributed by atoms with Gasteiger partial charge >= 0.3 is 0 Å². The summed E-state index contributed by atoms with van der Waals surface area (Å²) in [4.78, 5) is 11.9. The van der Waals surface area contributed by atoms with Gasteiger partial charge in [0.25, 0.3) is 0 Å². The molecule has 2 aliphatic carbocycles. The minimum Gasteiger partial charge on any atom is -0.352 e. The van der Waals surface area contributed by atoms with Gasteiger partial charge in [-0.15, -0.1) is 0 Å². The Labute approximate surface area is 128 Å². The van der Waals surface area contributed by atoms with Gasteiger partial charge in [-0.3, -0.25) is 4.79 Å². The van der Waals surface area contributed by atoms with E-state index >= 15 is 0 Å². The van der Waals surface area contributed by atoms with E-state index in [9.17, 15) is 13.2 Å². The third-order valence-electron chi connectivity index (χ3n) is 4.73. The molecular weight excluding hydrogens is 288 g/mol. The van der Waals surface area contributed by atoms with Crippen molar-refractivity contribution in [3.8, 4) is 0 Å². The molecule has 2 aliphatic rings. The Bertz CT molecular complexity index is 454. The average Bonchev–Trinajstić information content (AvgIpc) is 3.23. The zero-order chi connectivity index (χ0) is 15.5. The van der Waals surface area contributed by atoms with Crippen LogP contribution in [0.4, 0.5) is 0 Å². The molecular formula is C15H28N2O3S. The van der Waals surface area contributed by atoms with Crippen molar-refractivity contribution in [3.63, 3.8) is 0 Å². The van der Waals surface area contributed by atoms with Crippen LogP contribution in [0, 0.1) is 11.8 Å². The van der Waals surface area contributed by atoms with Crippen molar-refractivity contribution in [3.05, 3.63) is 0 Å². The van der Waals surface area contributed by atoms with Gasteiger partial charge in [0.15, 0.2) is 0 Å². The molecule has 1 amide bonds. The summed E-state index contributed by atoms with van der Waals surface area (Å²) in [5.41, 5.74) is 0. The standard InChI is InChI=1S/C15H28N2O3S/c1-12(14-8-9-14)16-15(18)10-17(2)21(19,20)11-13-6-4-3-5-7-13/h12-14H,3-11H2,1-2H3,(H,16,18)/t12-/m0/s1. The first-order chi connectivity index (χ1) is 9.88. The van der Waals surface area contributed by atoms with Crippen LogP contribution in [-0.2, 0) is 14.8 Å². The molecule has 2 saturated carbocycles. The number of amides is 1. The summed E-state index contributed by atoms with van der Waals surface area (Å²) >= 11 is 0.